The van der Waals surface area contributed by atoms with Gasteiger partial charge in [0, 0.05) is 6.92 Å². The van der Waals surface area contributed by atoms with E-state index in [1.807, 2.05) is 18.2 Å². The minimum atomic E-state index is -0.286. The number of allylic oxidation sites excluding steroid dienone is 1. The maximum atomic E-state index is 10.4. The molecule has 0 aromatic heterocycles. The predicted octanol–water partition coefficient (Wildman–Crippen LogP) is 9.00. The molecule has 4 aliphatic carbocycles. The molecule has 0 unspecified atom stereocenters. The largest absolute Gasteiger partial charge is 0.427 e. The molecule has 1 aromatic rings. The Kier molecular flexibility index (Phi) is 9.49. The Morgan fingerprint density at radius 3 is 2.42 bits per heavy atom. The first-order valence-corrected chi connectivity index (χ1v) is 15.7. The van der Waals surface area contributed by atoms with Crippen LogP contribution in [0.25, 0.3) is 0 Å². The Labute approximate surface area is 232 Å². The number of hydrogen-bond donors (Lipinski definition) is 1. The summed E-state index contributed by atoms with van der Waals surface area (Å²) in [4.78, 5) is 10.4. The molecule has 0 saturated heterocycles. The second kappa shape index (κ2) is 12.3. The summed E-state index contributed by atoms with van der Waals surface area (Å²) in [6.07, 6.45) is 17.2. The SMILES string of the molecule is CC(=O)Oc1ccccc1.CC(C)CCC[C@@H](C)[C@H]1CC[C@H]2[C@@H]3CC=C4C[C@@H](O)CC[C@]4(C)[C@H]3CC[C@]12C. The van der Waals surface area contributed by atoms with Gasteiger partial charge in [0.05, 0.1) is 6.10 Å². The summed E-state index contributed by atoms with van der Waals surface area (Å²) in [5.41, 5.74) is 2.60. The highest BCUT2D eigenvalue weighted by Gasteiger charge is 2.59. The van der Waals surface area contributed by atoms with Gasteiger partial charge in [0.15, 0.2) is 0 Å². The lowest BCUT2D eigenvalue weighted by molar-refractivity contribution is -0.131. The van der Waals surface area contributed by atoms with E-state index in [0.717, 1.165) is 48.3 Å². The van der Waals surface area contributed by atoms with Gasteiger partial charge in [0.2, 0.25) is 0 Å². The van der Waals surface area contributed by atoms with Crippen molar-refractivity contribution in [3.63, 3.8) is 0 Å². The van der Waals surface area contributed by atoms with Gasteiger partial charge in [-0.15, -0.1) is 0 Å². The average Bonchev–Trinajstić information content (AvgIpc) is 3.22. The molecular weight excluding hydrogens is 468 g/mol. The quantitative estimate of drug-likeness (QED) is 0.230. The fraction of sp³-hybridized carbons (Fsp3) is 0.743. The van der Waals surface area contributed by atoms with Gasteiger partial charge < -0.3 is 9.84 Å². The van der Waals surface area contributed by atoms with Gasteiger partial charge in [0.25, 0.3) is 0 Å². The van der Waals surface area contributed by atoms with Crippen molar-refractivity contribution >= 4 is 5.97 Å². The average molecular weight is 523 g/mol. The van der Waals surface area contributed by atoms with Crippen LogP contribution in [0.1, 0.15) is 112 Å². The molecular formula is C35H54O3. The van der Waals surface area contributed by atoms with Crippen molar-refractivity contribution in [1.29, 1.82) is 0 Å². The molecule has 0 radical (unpaired) electrons. The second-order valence-electron chi connectivity index (χ2n) is 14.1. The summed E-state index contributed by atoms with van der Waals surface area (Å²) >= 11 is 0. The first-order chi connectivity index (χ1) is 18.0. The van der Waals surface area contributed by atoms with Crippen LogP contribution in [0.5, 0.6) is 5.75 Å². The number of carbonyl (C=O) groups excluding carboxylic acids is 1. The number of fused-ring (bicyclic) bond motifs is 5. The van der Waals surface area contributed by atoms with Crippen molar-refractivity contribution in [2.45, 2.75) is 118 Å². The molecule has 8 atom stereocenters. The number of carbonyl (C=O) groups is 1. The van der Waals surface area contributed by atoms with Crippen molar-refractivity contribution in [2.24, 2.45) is 46.3 Å². The van der Waals surface area contributed by atoms with Crippen LogP contribution in [0.4, 0.5) is 0 Å². The van der Waals surface area contributed by atoms with E-state index in [4.69, 9.17) is 4.74 Å². The lowest BCUT2D eigenvalue weighted by Gasteiger charge is -2.58. The van der Waals surface area contributed by atoms with E-state index in [9.17, 15) is 9.90 Å². The number of ether oxygens (including phenoxy) is 1. The van der Waals surface area contributed by atoms with Gasteiger partial charge in [-0.2, -0.15) is 0 Å². The molecule has 0 amide bonds. The summed E-state index contributed by atoms with van der Waals surface area (Å²) in [6, 6.07) is 8.98. The van der Waals surface area contributed by atoms with Crippen LogP contribution in [0, 0.1) is 46.3 Å². The van der Waals surface area contributed by atoms with E-state index < -0.39 is 0 Å². The van der Waals surface area contributed by atoms with Crippen LogP contribution in [0.3, 0.4) is 0 Å². The molecule has 3 fully saturated rings. The third kappa shape index (κ3) is 6.24. The molecule has 3 saturated carbocycles. The lowest BCUT2D eigenvalue weighted by Crippen LogP contribution is -2.50. The molecule has 0 bridgehead atoms. The number of hydrogen-bond acceptors (Lipinski definition) is 3. The van der Waals surface area contributed by atoms with Crippen LogP contribution in [-0.2, 0) is 4.79 Å². The molecule has 1 N–H and O–H groups in total. The van der Waals surface area contributed by atoms with Gasteiger partial charge in [-0.05, 0) is 110 Å². The van der Waals surface area contributed by atoms with E-state index in [0.29, 0.717) is 16.6 Å². The van der Waals surface area contributed by atoms with E-state index in [2.05, 4.69) is 40.7 Å². The molecule has 5 rings (SSSR count). The molecule has 0 heterocycles. The van der Waals surface area contributed by atoms with E-state index in [1.54, 1.807) is 17.7 Å². The third-order valence-electron chi connectivity index (χ3n) is 11.3. The molecule has 0 aliphatic heterocycles. The Hall–Kier alpha value is -1.61. The van der Waals surface area contributed by atoms with Gasteiger partial charge in [-0.25, -0.2) is 0 Å². The highest BCUT2D eigenvalue weighted by Crippen LogP contribution is 2.67. The van der Waals surface area contributed by atoms with Crippen LogP contribution >= 0.6 is 0 Å². The number of aliphatic hydroxyl groups is 1. The van der Waals surface area contributed by atoms with Crippen LogP contribution < -0.4 is 4.74 Å². The predicted molar refractivity (Wildman–Crippen MR) is 157 cm³/mol. The second-order valence-corrected chi connectivity index (χ2v) is 14.1. The zero-order valence-electron chi connectivity index (χ0n) is 25.0. The van der Waals surface area contributed by atoms with Crippen LogP contribution in [0.15, 0.2) is 42.0 Å². The summed E-state index contributed by atoms with van der Waals surface area (Å²) < 4.78 is 4.78. The zero-order valence-corrected chi connectivity index (χ0v) is 25.0. The van der Waals surface area contributed by atoms with Crippen LogP contribution in [-0.4, -0.2) is 17.2 Å². The topological polar surface area (TPSA) is 46.5 Å². The van der Waals surface area contributed by atoms with E-state index in [-0.39, 0.29) is 12.1 Å². The van der Waals surface area contributed by atoms with Gasteiger partial charge in [0.1, 0.15) is 5.75 Å². The minimum absolute atomic E-state index is 0.0766. The number of para-hydroxylation sites is 1. The molecule has 3 nitrogen and oxygen atoms in total. The summed E-state index contributed by atoms with van der Waals surface area (Å²) in [7, 11) is 0. The first-order valence-electron chi connectivity index (χ1n) is 15.7. The van der Waals surface area contributed by atoms with Crippen LogP contribution in [0.2, 0.25) is 0 Å². The molecule has 212 valence electrons. The maximum Gasteiger partial charge on any atom is 0.308 e. The Balaban J connectivity index is 0.000000283. The Morgan fingerprint density at radius 2 is 1.74 bits per heavy atom. The van der Waals surface area contributed by atoms with Gasteiger partial charge >= 0.3 is 5.97 Å². The fourth-order valence-electron chi connectivity index (χ4n) is 9.32. The smallest absolute Gasteiger partial charge is 0.308 e. The molecule has 3 heteroatoms. The van der Waals surface area contributed by atoms with Crippen molar-refractivity contribution < 1.29 is 14.6 Å². The first kappa shape index (κ1) is 29.4. The number of rotatable bonds is 6. The van der Waals surface area contributed by atoms with E-state index >= 15 is 0 Å². The number of benzene rings is 1. The summed E-state index contributed by atoms with van der Waals surface area (Å²) in [6.45, 7) is 13.9. The maximum absolute atomic E-state index is 10.4. The van der Waals surface area contributed by atoms with Crippen molar-refractivity contribution in [2.75, 3.05) is 0 Å². The monoisotopic (exact) mass is 522 g/mol. The molecule has 4 aliphatic rings. The Morgan fingerprint density at radius 1 is 1.00 bits per heavy atom. The molecule has 0 spiro atoms. The normalized spacial score (nSPS) is 36.6. The summed E-state index contributed by atoms with van der Waals surface area (Å²) in [5, 5.41) is 10.2. The zero-order chi connectivity index (χ0) is 27.5. The minimum Gasteiger partial charge on any atom is -0.427 e. The fourth-order valence-corrected chi connectivity index (χ4v) is 9.32. The van der Waals surface area contributed by atoms with Gasteiger partial charge in [-0.3, -0.25) is 4.79 Å². The molecule has 1 aromatic carbocycles. The lowest BCUT2D eigenvalue weighted by atomic mass is 9.47. The standard InChI is InChI=1S/C27H46O.C8H8O2/c1-18(2)7-6-8-19(3)23-11-12-24-22-10-9-20-17-21(28)13-15-26(20,4)25(22)14-16-27(23,24)5;1-7(9)10-8-5-3-2-4-6-8/h9,18-19,21-25,28H,6-8,10-17H2,1-5H3;2-6H,1H3/t19-,21+,22+,23-,24+,25+,26+,27-;/m1./s1. The van der Waals surface area contributed by atoms with Gasteiger partial charge in [-0.1, -0.05) is 83.7 Å². The third-order valence-corrected chi connectivity index (χ3v) is 11.3. The van der Waals surface area contributed by atoms with Crippen molar-refractivity contribution in [3.8, 4) is 5.75 Å². The van der Waals surface area contributed by atoms with Crippen molar-refractivity contribution in [1.82, 2.24) is 0 Å². The Bertz CT molecular complexity index is 951. The highest BCUT2D eigenvalue weighted by atomic mass is 16.5. The number of aliphatic hydroxyl groups excluding tert-OH is 1. The number of esters is 1. The van der Waals surface area contributed by atoms with Crippen molar-refractivity contribution in [3.05, 3.63) is 42.0 Å². The highest BCUT2D eigenvalue weighted by molar-refractivity contribution is 5.69. The van der Waals surface area contributed by atoms with E-state index in [1.165, 1.54) is 64.7 Å². The summed E-state index contributed by atoms with van der Waals surface area (Å²) in [5.74, 6) is 5.76. The molecule has 38 heavy (non-hydrogen) atoms.